The van der Waals surface area contributed by atoms with E-state index >= 15 is 0 Å². The van der Waals surface area contributed by atoms with Crippen molar-refractivity contribution in [1.82, 2.24) is 9.97 Å². The van der Waals surface area contributed by atoms with Crippen LogP contribution in [0.15, 0.2) is 30.3 Å². The zero-order chi connectivity index (χ0) is 14.7. The molecule has 1 fully saturated rings. The summed E-state index contributed by atoms with van der Waals surface area (Å²) in [7, 11) is 0. The first-order valence-corrected chi connectivity index (χ1v) is 7.02. The Morgan fingerprint density at radius 2 is 1.86 bits per heavy atom. The lowest BCUT2D eigenvalue weighted by Gasteiger charge is -2.28. The molecule has 1 aliphatic heterocycles. The number of aryl methyl sites for hydroxylation is 1. The van der Waals surface area contributed by atoms with E-state index in [-0.39, 0.29) is 0 Å². The molecule has 0 bridgehead atoms. The van der Waals surface area contributed by atoms with E-state index in [1.807, 2.05) is 19.1 Å². The number of hydrogen-bond donors (Lipinski definition) is 2. The number of nitrogens with zero attached hydrogens (tertiary/aromatic N) is 3. The molecule has 1 saturated heterocycles. The van der Waals surface area contributed by atoms with Crippen LogP contribution in [0.25, 0.3) is 0 Å². The smallest absolute Gasteiger partial charge is 0.136 e. The highest BCUT2D eigenvalue weighted by Crippen LogP contribution is 2.21. The molecule has 0 atom stereocenters. The second-order valence-corrected chi connectivity index (χ2v) is 5.00. The standard InChI is InChI=1S/C15H19N5O/c1-11-17-14(16)10-15(18-11)19-12-2-4-13(5-3-12)20-6-8-21-9-7-20/h2-5,10H,6-9H2,1H3,(H3,16,17,18,19). The minimum atomic E-state index is 0.468. The first-order chi connectivity index (χ1) is 10.2. The highest BCUT2D eigenvalue weighted by Gasteiger charge is 2.10. The zero-order valence-corrected chi connectivity index (χ0v) is 12.0. The minimum absolute atomic E-state index is 0.468. The number of nitrogens with two attached hydrogens (primary N) is 1. The fourth-order valence-electron chi connectivity index (χ4n) is 2.38. The van der Waals surface area contributed by atoms with Gasteiger partial charge in [-0.3, -0.25) is 0 Å². The molecule has 110 valence electrons. The Morgan fingerprint density at radius 1 is 1.14 bits per heavy atom. The summed E-state index contributed by atoms with van der Waals surface area (Å²) in [6, 6.07) is 10.0. The van der Waals surface area contributed by atoms with Crippen molar-refractivity contribution in [2.45, 2.75) is 6.92 Å². The molecule has 6 nitrogen and oxygen atoms in total. The Kier molecular flexibility index (Phi) is 3.87. The van der Waals surface area contributed by atoms with Gasteiger partial charge < -0.3 is 20.7 Å². The second-order valence-electron chi connectivity index (χ2n) is 5.00. The van der Waals surface area contributed by atoms with Crippen molar-refractivity contribution in [3.63, 3.8) is 0 Å². The van der Waals surface area contributed by atoms with E-state index in [0.717, 1.165) is 32.0 Å². The van der Waals surface area contributed by atoms with Crippen LogP contribution in [0.1, 0.15) is 5.82 Å². The SMILES string of the molecule is Cc1nc(N)cc(Nc2ccc(N3CCOCC3)cc2)n1. The predicted molar refractivity (Wildman–Crippen MR) is 83.9 cm³/mol. The van der Waals surface area contributed by atoms with Crippen LogP contribution in [-0.4, -0.2) is 36.3 Å². The average molecular weight is 285 g/mol. The van der Waals surface area contributed by atoms with Crippen molar-refractivity contribution in [3.8, 4) is 0 Å². The Hall–Kier alpha value is -2.34. The van der Waals surface area contributed by atoms with Gasteiger partial charge in [0.25, 0.3) is 0 Å². The van der Waals surface area contributed by atoms with Gasteiger partial charge in [0.15, 0.2) is 0 Å². The highest BCUT2D eigenvalue weighted by molar-refractivity contribution is 5.62. The van der Waals surface area contributed by atoms with Crippen molar-refractivity contribution in [1.29, 1.82) is 0 Å². The lowest BCUT2D eigenvalue weighted by Crippen LogP contribution is -2.36. The van der Waals surface area contributed by atoms with Gasteiger partial charge in [0.2, 0.25) is 0 Å². The van der Waals surface area contributed by atoms with Gasteiger partial charge in [0.1, 0.15) is 17.5 Å². The summed E-state index contributed by atoms with van der Waals surface area (Å²) in [5, 5.41) is 3.24. The molecular weight excluding hydrogens is 266 g/mol. The zero-order valence-electron chi connectivity index (χ0n) is 12.0. The number of morpholine rings is 1. The van der Waals surface area contributed by atoms with E-state index in [9.17, 15) is 0 Å². The normalized spacial score (nSPS) is 15.0. The van der Waals surface area contributed by atoms with E-state index in [4.69, 9.17) is 10.5 Å². The topological polar surface area (TPSA) is 76.3 Å². The Morgan fingerprint density at radius 3 is 2.52 bits per heavy atom. The molecule has 1 aromatic heterocycles. The summed E-state index contributed by atoms with van der Waals surface area (Å²) in [6.07, 6.45) is 0. The van der Waals surface area contributed by atoms with Crippen LogP contribution in [0, 0.1) is 6.92 Å². The molecule has 1 aliphatic rings. The lowest BCUT2D eigenvalue weighted by molar-refractivity contribution is 0.122. The van der Waals surface area contributed by atoms with Gasteiger partial charge in [-0.2, -0.15) is 0 Å². The molecule has 6 heteroatoms. The van der Waals surface area contributed by atoms with Crippen LogP contribution in [0.4, 0.5) is 23.0 Å². The third kappa shape index (κ3) is 3.41. The molecule has 0 aliphatic carbocycles. The van der Waals surface area contributed by atoms with E-state index in [0.29, 0.717) is 17.5 Å². The third-order valence-corrected chi connectivity index (χ3v) is 3.37. The van der Waals surface area contributed by atoms with Crippen molar-refractivity contribution in [2.75, 3.05) is 42.3 Å². The van der Waals surface area contributed by atoms with E-state index < -0.39 is 0 Å². The fourth-order valence-corrected chi connectivity index (χ4v) is 2.38. The van der Waals surface area contributed by atoms with Crippen LogP contribution in [-0.2, 0) is 4.74 Å². The Labute approximate surface area is 124 Å². The third-order valence-electron chi connectivity index (χ3n) is 3.37. The van der Waals surface area contributed by atoms with Gasteiger partial charge in [0, 0.05) is 30.5 Å². The maximum Gasteiger partial charge on any atom is 0.136 e. The highest BCUT2D eigenvalue weighted by atomic mass is 16.5. The van der Waals surface area contributed by atoms with E-state index in [1.54, 1.807) is 6.07 Å². The van der Waals surface area contributed by atoms with Gasteiger partial charge in [-0.05, 0) is 31.2 Å². The van der Waals surface area contributed by atoms with Crippen molar-refractivity contribution in [3.05, 3.63) is 36.2 Å². The van der Waals surface area contributed by atoms with Gasteiger partial charge in [-0.25, -0.2) is 9.97 Å². The van der Waals surface area contributed by atoms with Gasteiger partial charge >= 0.3 is 0 Å². The molecular formula is C15H19N5O. The fraction of sp³-hybridized carbons (Fsp3) is 0.333. The molecule has 0 radical (unpaired) electrons. The van der Waals surface area contributed by atoms with Gasteiger partial charge in [0.05, 0.1) is 13.2 Å². The lowest BCUT2D eigenvalue weighted by atomic mass is 10.2. The number of ether oxygens (including phenoxy) is 1. The molecule has 0 saturated carbocycles. The Bertz CT molecular complexity index is 588. The molecule has 3 rings (SSSR count). The van der Waals surface area contributed by atoms with Crippen LogP contribution >= 0.6 is 0 Å². The van der Waals surface area contributed by atoms with Crippen molar-refractivity contribution in [2.24, 2.45) is 0 Å². The number of nitrogen functional groups attached to an aromatic ring is 1. The summed E-state index contributed by atoms with van der Waals surface area (Å²) in [5.74, 6) is 1.83. The largest absolute Gasteiger partial charge is 0.384 e. The maximum atomic E-state index is 5.73. The molecule has 1 aromatic carbocycles. The molecule has 0 spiro atoms. The van der Waals surface area contributed by atoms with Crippen LogP contribution in [0.3, 0.4) is 0 Å². The Balaban J connectivity index is 1.71. The van der Waals surface area contributed by atoms with Crippen molar-refractivity contribution < 1.29 is 4.74 Å². The quantitative estimate of drug-likeness (QED) is 0.897. The first kappa shape index (κ1) is 13.6. The molecule has 0 unspecified atom stereocenters. The van der Waals surface area contributed by atoms with Crippen LogP contribution < -0.4 is 16.0 Å². The van der Waals surface area contributed by atoms with Crippen LogP contribution in [0.5, 0.6) is 0 Å². The van der Waals surface area contributed by atoms with E-state index in [2.05, 4.69) is 32.3 Å². The number of anilines is 4. The van der Waals surface area contributed by atoms with Gasteiger partial charge in [-0.1, -0.05) is 0 Å². The molecule has 0 amide bonds. The second kappa shape index (κ2) is 5.97. The number of benzene rings is 1. The summed E-state index contributed by atoms with van der Waals surface area (Å²) in [5.41, 5.74) is 7.91. The first-order valence-electron chi connectivity index (χ1n) is 7.02. The monoisotopic (exact) mass is 285 g/mol. The minimum Gasteiger partial charge on any atom is -0.384 e. The summed E-state index contributed by atoms with van der Waals surface area (Å²) < 4.78 is 5.37. The maximum absolute atomic E-state index is 5.73. The number of aromatic nitrogens is 2. The summed E-state index contributed by atoms with van der Waals surface area (Å²) >= 11 is 0. The molecule has 21 heavy (non-hydrogen) atoms. The average Bonchev–Trinajstić information content (AvgIpc) is 2.48. The van der Waals surface area contributed by atoms with Gasteiger partial charge in [-0.15, -0.1) is 0 Å². The predicted octanol–water partition coefficient (Wildman–Crippen LogP) is 1.95. The number of rotatable bonds is 3. The summed E-state index contributed by atoms with van der Waals surface area (Å²) in [6.45, 7) is 5.28. The molecule has 2 heterocycles. The van der Waals surface area contributed by atoms with Crippen molar-refractivity contribution >= 4 is 23.0 Å². The number of hydrogen-bond acceptors (Lipinski definition) is 6. The summed E-state index contributed by atoms with van der Waals surface area (Å²) in [4.78, 5) is 10.7. The molecule has 3 N–H and O–H groups in total. The molecule has 2 aromatic rings. The van der Waals surface area contributed by atoms with E-state index in [1.165, 1.54) is 5.69 Å². The number of nitrogens with one attached hydrogen (secondary N) is 1. The van der Waals surface area contributed by atoms with Crippen LogP contribution in [0.2, 0.25) is 0 Å².